The number of aromatic amines is 2. The number of H-pyrrole nitrogens is 2. The first-order valence-corrected chi connectivity index (χ1v) is 22.4. The first kappa shape index (κ1) is 47.4. The zero-order valence-corrected chi connectivity index (χ0v) is 36.7. The van der Waals surface area contributed by atoms with Crippen LogP contribution in [0, 0.1) is 0 Å². The van der Waals surface area contributed by atoms with E-state index in [0.29, 0.717) is 31.0 Å². The molecule has 308 valence electrons. The Morgan fingerprint density at radius 2 is 1.04 bits per heavy atom. The number of hydrogen-bond donors (Lipinski definition) is 4. The molecule has 2 aromatic heterocycles. The van der Waals surface area contributed by atoms with Crippen molar-refractivity contribution in [2.45, 2.75) is 47.1 Å². The topological polar surface area (TPSA) is 138 Å². The van der Waals surface area contributed by atoms with Gasteiger partial charge in [-0.25, -0.2) is 16.8 Å². The Morgan fingerprint density at radius 1 is 0.649 bits per heavy atom. The fourth-order valence-corrected chi connectivity index (χ4v) is 11.5. The molecular weight excluding hydrogens is 1040 g/mol. The highest BCUT2D eigenvalue weighted by molar-refractivity contribution is 9.10. The van der Waals surface area contributed by atoms with Crippen molar-refractivity contribution in [3.63, 3.8) is 0 Å². The minimum Gasteiger partial charge on any atom is -0.361 e. The number of alkyl halides is 6. The van der Waals surface area contributed by atoms with Gasteiger partial charge >= 0.3 is 12.4 Å². The van der Waals surface area contributed by atoms with Crippen molar-refractivity contribution < 1.29 is 43.2 Å². The van der Waals surface area contributed by atoms with Gasteiger partial charge in [0.15, 0.2) is 0 Å². The average Bonchev–Trinajstić information content (AvgIpc) is 3.66. The molecule has 2 heterocycles. The third-order valence-electron chi connectivity index (χ3n) is 7.77. The van der Waals surface area contributed by atoms with Crippen molar-refractivity contribution in [3.8, 4) is 0 Å². The zero-order chi connectivity index (χ0) is 42.7. The lowest BCUT2D eigenvalue weighted by molar-refractivity contribution is -0.151. The van der Waals surface area contributed by atoms with Gasteiger partial charge in [-0.3, -0.25) is 0 Å². The summed E-state index contributed by atoms with van der Waals surface area (Å²) in [5, 5.41) is 0.779. The van der Waals surface area contributed by atoms with Gasteiger partial charge in [0.1, 0.15) is 21.9 Å². The number of sulfonamides is 1. The first-order chi connectivity index (χ1) is 26.3. The minimum atomic E-state index is -4.83. The van der Waals surface area contributed by atoms with Gasteiger partial charge in [0.05, 0.1) is 20.1 Å². The second-order valence-corrected chi connectivity index (χ2v) is 19.4. The van der Waals surface area contributed by atoms with Crippen LogP contribution in [0.2, 0.25) is 20.1 Å². The molecule has 0 aliphatic rings. The Balaban J connectivity index is 0.000000209. The normalized spacial score (nSPS) is 13.4. The predicted molar refractivity (Wildman–Crippen MR) is 220 cm³/mol. The fraction of sp³-hybridized carbons (Fsp3) is 0.176. The number of halogens is 13. The molecular formula is C34H25Br2Cl5F6N4O4S2. The number of rotatable bonds is 8. The molecule has 5 N–H and O–H groups in total. The summed E-state index contributed by atoms with van der Waals surface area (Å²) in [4.78, 5) is 4.93. The van der Waals surface area contributed by atoms with Crippen LogP contribution < -0.4 is 10.5 Å². The quantitative estimate of drug-likeness (QED) is 0.0888. The Bertz CT molecular complexity index is 2560. The standard InChI is InChI=1S/C17H12BrCl2F3N2O2S.C11H11F3N2.C6H2BrCl3O2S/c18-10-6-12(19)16(13(20)7-10)28(26,27)25-15(17(21,22)23)5-9-8-24-14-4-2-1-3-11(9)14;12-11(13,14)10(15)5-7-6-16-9-4-2-1-3-8(7)9;7-3-1-4(8)6(5(9)2-3)13(10,11)12/h1-4,6-8,15,24-25H,5H2;1-4,6,10,16H,5,15H2;1-2H. The van der Waals surface area contributed by atoms with Crippen LogP contribution in [0.15, 0.2) is 104 Å². The maximum absolute atomic E-state index is 13.6. The molecule has 2 atom stereocenters. The van der Waals surface area contributed by atoms with E-state index in [9.17, 15) is 43.2 Å². The van der Waals surface area contributed by atoms with Crippen LogP contribution in [0.1, 0.15) is 11.1 Å². The molecule has 0 saturated carbocycles. The molecule has 0 saturated heterocycles. The van der Waals surface area contributed by atoms with E-state index in [2.05, 4.69) is 41.8 Å². The van der Waals surface area contributed by atoms with Crippen molar-refractivity contribution in [1.82, 2.24) is 14.7 Å². The predicted octanol–water partition coefficient (Wildman–Crippen LogP) is 12.0. The molecule has 2 unspecified atom stereocenters. The lowest BCUT2D eigenvalue weighted by Gasteiger charge is -2.22. The Hall–Kier alpha value is -2.23. The summed E-state index contributed by atoms with van der Waals surface area (Å²) in [6.45, 7) is 0. The summed E-state index contributed by atoms with van der Waals surface area (Å²) in [7, 11) is -3.43. The number of hydrogen-bond acceptors (Lipinski definition) is 5. The van der Waals surface area contributed by atoms with E-state index in [1.807, 2.05) is 12.1 Å². The van der Waals surface area contributed by atoms with Crippen molar-refractivity contribution in [2.24, 2.45) is 5.73 Å². The van der Waals surface area contributed by atoms with Crippen LogP contribution in [-0.4, -0.2) is 51.2 Å². The summed E-state index contributed by atoms with van der Waals surface area (Å²) in [5.41, 5.74) is 7.50. The molecule has 0 spiro atoms. The SMILES string of the molecule is NC(Cc1c[nH]c2ccccc12)C(F)(F)F.O=S(=O)(Cl)c1c(Cl)cc(Br)cc1Cl.O=S(=O)(NC(Cc1c[nH]c2ccccc12)C(F)(F)F)c1c(Cl)cc(Br)cc1Cl. The van der Waals surface area contributed by atoms with E-state index in [1.54, 1.807) is 47.3 Å². The summed E-state index contributed by atoms with van der Waals surface area (Å²) >= 11 is 29.3. The van der Waals surface area contributed by atoms with Crippen molar-refractivity contribution in [1.29, 1.82) is 0 Å². The molecule has 23 heteroatoms. The molecule has 4 aromatic carbocycles. The summed E-state index contributed by atoms with van der Waals surface area (Å²) in [6.07, 6.45) is -6.97. The number of nitrogens with two attached hydrogens (primary N) is 1. The molecule has 0 radical (unpaired) electrons. The van der Waals surface area contributed by atoms with Crippen LogP contribution in [0.4, 0.5) is 26.3 Å². The van der Waals surface area contributed by atoms with Gasteiger partial charge in [-0.1, -0.05) is 115 Å². The monoisotopic (exact) mass is 1060 g/mol. The fourth-order valence-electron chi connectivity index (χ4n) is 5.19. The third kappa shape index (κ3) is 12.6. The van der Waals surface area contributed by atoms with Crippen LogP contribution in [0.25, 0.3) is 21.8 Å². The summed E-state index contributed by atoms with van der Waals surface area (Å²) in [6, 6.07) is 15.1. The van der Waals surface area contributed by atoms with Crippen LogP contribution in [0.3, 0.4) is 0 Å². The van der Waals surface area contributed by atoms with E-state index in [0.717, 1.165) is 10.9 Å². The van der Waals surface area contributed by atoms with Crippen molar-refractivity contribution in [2.75, 3.05) is 0 Å². The average molecular weight is 1070 g/mol. The largest absolute Gasteiger partial charge is 0.405 e. The maximum atomic E-state index is 13.6. The smallest absolute Gasteiger partial charge is 0.361 e. The highest BCUT2D eigenvalue weighted by atomic mass is 79.9. The van der Waals surface area contributed by atoms with Crippen LogP contribution in [-0.2, 0) is 31.9 Å². The van der Waals surface area contributed by atoms with Gasteiger partial charge < -0.3 is 15.7 Å². The van der Waals surface area contributed by atoms with E-state index < -0.39 is 54.8 Å². The highest BCUT2D eigenvalue weighted by Gasteiger charge is 2.43. The van der Waals surface area contributed by atoms with Gasteiger partial charge in [-0.15, -0.1) is 0 Å². The van der Waals surface area contributed by atoms with E-state index >= 15 is 0 Å². The summed E-state index contributed by atoms with van der Waals surface area (Å²) in [5.74, 6) is 0. The zero-order valence-electron chi connectivity index (χ0n) is 28.1. The molecule has 0 aliphatic carbocycles. The molecule has 6 rings (SSSR count). The molecule has 0 aliphatic heterocycles. The van der Waals surface area contributed by atoms with Gasteiger partial charge in [-0.05, 0) is 60.4 Å². The Kier molecular flexibility index (Phi) is 15.8. The van der Waals surface area contributed by atoms with E-state index in [1.165, 1.54) is 30.5 Å². The van der Waals surface area contributed by atoms with E-state index in [4.69, 9.17) is 62.8 Å². The number of fused-ring (bicyclic) bond motifs is 2. The lowest BCUT2D eigenvalue weighted by Crippen LogP contribution is -2.46. The van der Waals surface area contributed by atoms with Gasteiger partial charge in [0.2, 0.25) is 10.0 Å². The third-order valence-corrected chi connectivity index (χ3v) is 13.3. The maximum Gasteiger partial charge on any atom is 0.405 e. The van der Waals surface area contributed by atoms with Gasteiger partial charge in [0.25, 0.3) is 9.05 Å². The number of para-hydroxylation sites is 2. The molecule has 0 bridgehead atoms. The van der Waals surface area contributed by atoms with E-state index in [-0.39, 0.29) is 31.4 Å². The Morgan fingerprint density at radius 3 is 1.42 bits per heavy atom. The Labute approximate surface area is 363 Å². The lowest BCUT2D eigenvalue weighted by atomic mass is 10.1. The molecule has 0 amide bonds. The number of nitrogens with one attached hydrogen (secondary N) is 3. The first-order valence-electron chi connectivity index (χ1n) is 15.5. The molecule has 8 nitrogen and oxygen atoms in total. The highest BCUT2D eigenvalue weighted by Crippen LogP contribution is 2.36. The number of aromatic nitrogens is 2. The van der Waals surface area contributed by atoms with Gasteiger partial charge in [0, 0.05) is 53.8 Å². The molecule has 0 fully saturated rings. The molecule has 6 aromatic rings. The van der Waals surface area contributed by atoms with Crippen LogP contribution in [0.5, 0.6) is 0 Å². The van der Waals surface area contributed by atoms with Gasteiger partial charge in [-0.2, -0.15) is 31.1 Å². The minimum absolute atomic E-state index is 0.00521. The van der Waals surface area contributed by atoms with Crippen molar-refractivity contribution >= 4 is 130 Å². The summed E-state index contributed by atoms with van der Waals surface area (Å²) < 4.78 is 128. The number of benzene rings is 4. The second-order valence-electron chi connectivity index (χ2n) is 11.8. The molecule has 57 heavy (non-hydrogen) atoms. The second kappa shape index (κ2) is 19.0. The van der Waals surface area contributed by atoms with Crippen LogP contribution >= 0.6 is 88.9 Å². The van der Waals surface area contributed by atoms with Crippen molar-refractivity contribution in [3.05, 3.63) is 125 Å².